The molecule has 0 aliphatic rings. The Balaban J connectivity index is 2.98. The summed E-state index contributed by atoms with van der Waals surface area (Å²) in [6.07, 6.45) is 12.1. The summed E-state index contributed by atoms with van der Waals surface area (Å²) < 4.78 is 0. The number of hydrogen-bond acceptors (Lipinski definition) is 8. The maximum Gasteiger partial charge on any atom is -0.00368 e. The van der Waals surface area contributed by atoms with E-state index in [0.29, 0.717) is 0 Å². The summed E-state index contributed by atoms with van der Waals surface area (Å²) in [5.74, 6) is 0. The first-order chi connectivity index (χ1) is 15.9. The quantitative estimate of drug-likeness (QED) is 0.0755. The molecule has 0 bridgehead atoms. The molecule has 8 nitrogen and oxygen atoms in total. The molecule has 0 unspecified atom stereocenters. The predicted octanol–water partition coefficient (Wildman–Crippen LogP) is 0.342. The van der Waals surface area contributed by atoms with Crippen molar-refractivity contribution in [2.45, 2.75) is 64.2 Å². The molecule has 8 heteroatoms. The number of nitrogens with two attached hydrogens (primary N) is 2. The maximum absolute atomic E-state index is 5.47. The summed E-state index contributed by atoms with van der Waals surface area (Å²) in [6, 6.07) is 0. The first kappa shape index (κ1) is 31.7. The van der Waals surface area contributed by atoms with E-state index in [9.17, 15) is 0 Å². The summed E-state index contributed by atoms with van der Waals surface area (Å²) in [5.41, 5.74) is 10.9. The highest BCUT2D eigenvalue weighted by Crippen LogP contribution is 1.88. The molecular weight excluding hydrogens is 400 g/mol. The fraction of sp³-hybridized carbons (Fsp3) is 1.00. The minimum Gasteiger partial charge on any atom is -0.330 e. The Bertz CT molecular complexity index is 290. The molecule has 0 aromatic heterocycles. The molecule has 0 aliphatic carbocycles. The van der Waals surface area contributed by atoms with E-state index in [1.165, 1.54) is 51.4 Å². The lowest BCUT2D eigenvalue weighted by Crippen LogP contribution is -2.25. The molecule has 32 heavy (non-hydrogen) atoms. The first-order valence-electron chi connectivity index (χ1n) is 13.6. The predicted molar refractivity (Wildman–Crippen MR) is 141 cm³/mol. The van der Waals surface area contributed by atoms with Crippen LogP contribution in [0.25, 0.3) is 0 Å². The molecule has 0 radical (unpaired) electrons. The number of rotatable bonds is 29. The van der Waals surface area contributed by atoms with E-state index >= 15 is 0 Å². The molecule has 0 saturated heterocycles. The molecule has 0 heterocycles. The maximum atomic E-state index is 5.47. The van der Waals surface area contributed by atoms with Gasteiger partial charge in [0.2, 0.25) is 0 Å². The molecule has 0 aromatic rings. The van der Waals surface area contributed by atoms with Gasteiger partial charge in [0.15, 0.2) is 0 Å². The normalized spacial score (nSPS) is 11.4. The highest BCUT2D eigenvalue weighted by atomic mass is 14.9. The Morgan fingerprint density at radius 3 is 0.656 bits per heavy atom. The third kappa shape index (κ3) is 29.7. The van der Waals surface area contributed by atoms with Crippen molar-refractivity contribution in [3.8, 4) is 0 Å². The number of unbranched alkanes of at least 4 members (excludes halogenated alkanes) is 3. The van der Waals surface area contributed by atoms with Crippen molar-refractivity contribution >= 4 is 0 Å². The molecule has 0 atom stereocenters. The Morgan fingerprint density at radius 2 is 0.438 bits per heavy atom. The molecular formula is C24H58N8. The van der Waals surface area contributed by atoms with Gasteiger partial charge in [-0.2, -0.15) is 0 Å². The highest BCUT2D eigenvalue weighted by Gasteiger charge is 1.94. The lowest BCUT2D eigenvalue weighted by molar-refractivity contribution is 0.534. The third-order valence-electron chi connectivity index (χ3n) is 5.40. The van der Waals surface area contributed by atoms with Gasteiger partial charge in [-0.3, -0.25) is 0 Å². The minimum absolute atomic E-state index is 0.785. The van der Waals surface area contributed by atoms with Crippen LogP contribution in [0.15, 0.2) is 0 Å². The Kier molecular flexibility index (Phi) is 30.4. The van der Waals surface area contributed by atoms with Gasteiger partial charge >= 0.3 is 0 Å². The molecule has 0 aliphatic heterocycles. The lowest BCUT2D eigenvalue weighted by Gasteiger charge is -2.08. The average Bonchev–Trinajstić information content (AvgIpc) is 2.81. The van der Waals surface area contributed by atoms with Crippen LogP contribution in [0.5, 0.6) is 0 Å². The molecule has 10 N–H and O–H groups in total. The zero-order chi connectivity index (χ0) is 23.2. The second kappa shape index (κ2) is 30.7. The Morgan fingerprint density at radius 1 is 0.250 bits per heavy atom. The molecule has 0 aromatic carbocycles. The lowest BCUT2D eigenvalue weighted by atomic mass is 10.3. The van der Waals surface area contributed by atoms with Crippen LogP contribution in [-0.4, -0.2) is 91.6 Å². The Labute approximate surface area is 199 Å². The summed E-state index contributed by atoms with van der Waals surface area (Å²) in [6.45, 7) is 14.9. The van der Waals surface area contributed by atoms with Crippen molar-refractivity contribution in [2.24, 2.45) is 11.5 Å². The second-order valence-electron chi connectivity index (χ2n) is 8.61. The summed E-state index contributed by atoms with van der Waals surface area (Å²) in [5, 5.41) is 21.0. The molecule has 0 spiro atoms. The van der Waals surface area contributed by atoms with Crippen LogP contribution in [0.2, 0.25) is 0 Å². The first-order valence-corrected chi connectivity index (χ1v) is 13.6. The van der Waals surface area contributed by atoms with Gasteiger partial charge in [-0.1, -0.05) is 0 Å². The van der Waals surface area contributed by atoms with Crippen molar-refractivity contribution < 1.29 is 0 Å². The molecule has 0 fully saturated rings. The fourth-order valence-corrected chi connectivity index (χ4v) is 3.38. The van der Waals surface area contributed by atoms with Crippen LogP contribution in [0.4, 0.5) is 0 Å². The molecule has 0 amide bonds. The van der Waals surface area contributed by atoms with E-state index in [4.69, 9.17) is 11.5 Å². The summed E-state index contributed by atoms with van der Waals surface area (Å²) >= 11 is 0. The van der Waals surface area contributed by atoms with E-state index < -0.39 is 0 Å². The van der Waals surface area contributed by atoms with E-state index in [1.807, 2.05) is 0 Å². The number of hydrogen-bond donors (Lipinski definition) is 8. The Hall–Kier alpha value is -0.320. The van der Waals surface area contributed by atoms with Gasteiger partial charge in [0.1, 0.15) is 0 Å². The zero-order valence-corrected chi connectivity index (χ0v) is 21.1. The SMILES string of the molecule is NCCCNCCCCNCCCNCCCCNCCCNCCCCNCCCN. The van der Waals surface area contributed by atoms with Crippen LogP contribution < -0.4 is 43.4 Å². The second-order valence-corrected chi connectivity index (χ2v) is 8.61. The van der Waals surface area contributed by atoms with Crippen LogP contribution in [0, 0.1) is 0 Å². The minimum atomic E-state index is 0.785. The molecule has 194 valence electrons. The van der Waals surface area contributed by atoms with Crippen molar-refractivity contribution in [3.63, 3.8) is 0 Å². The summed E-state index contributed by atoms with van der Waals surface area (Å²) in [4.78, 5) is 0. The monoisotopic (exact) mass is 458 g/mol. The largest absolute Gasteiger partial charge is 0.330 e. The van der Waals surface area contributed by atoms with Gasteiger partial charge in [-0.05, 0) is 156 Å². The van der Waals surface area contributed by atoms with Gasteiger partial charge in [0.25, 0.3) is 0 Å². The van der Waals surface area contributed by atoms with Crippen LogP contribution in [0.1, 0.15) is 64.2 Å². The van der Waals surface area contributed by atoms with E-state index in [-0.39, 0.29) is 0 Å². The van der Waals surface area contributed by atoms with Crippen molar-refractivity contribution in [1.82, 2.24) is 31.9 Å². The topological polar surface area (TPSA) is 124 Å². The summed E-state index contributed by atoms with van der Waals surface area (Å²) in [7, 11) is 0. The van der Waals surface area contributed by atoms with Crippen molar-refractivity contribution in [3.05, 3.63) is 0 Å². The van der Waals surface area contributed by atoms with Gasteiger partial charge in [-0.25, -0.2) is 0 Å². The fourth-order valence-electron chi connectivity index (χ4n) is 3.38. The van der Waals surface area contributed by atoms with Crippen LogP contribution >= 0.6 is 0 Å². The van der Waals surface area contributed by atoms with Crippen molar-refractivity contribution in [1.29, 1.82) is 0 Å². The molecule has 0 rings (SSSR count). The van der Waals surface area contributed by atoms with Gasteiger partial charge in [-0.15, -0.1) is 0 Å². The van der Waals surface area contributed by atoms with Gasteiger partial charge in [0.05, 0.1) is 0 Å². The van der Waals surface area contributed by atoms with Gasteiger partial charge < -0.3 is 43.4 Å². The standard InChI is InChI=1S/C24H58N8/c25-11-7-19-27-13-1-3-15-29-21-9-23-31-17-5-6-18-32-24-10-22-30-16-4-2-14-28-20-8-12-26/h27-32H,1-26H2. The highest BCUT2D eigenvalue weighted by molar-refractivity contribution is 4.57. The molecule has 0 saturated carbocycles. The van der Waals surface area contributed by atoms with Crippen LogP contribution in [-0.2, 0) is 0 Å². The van der Waals surface area contributed by atoms with E-state index in [2.05, 4.69) is 31.9 Å². The third-order valence-corrected chi connectivity index (χ3v) is 5.40. The van der Waals surface area contributed by atoms with Crippen LogP contribution in [0.3, 0.4) is 0 Å². The van der Waals surface area contributed by atoms with Crippen molar-refractivity contribution in [2.75, 3.05) is 91.6 Å². The van der Waals surface area contributed by atoms with E-state index in [1.54, 1.807) is 0 Å². The average molecular weight is 459 g/mol. The van der Waals surface area contributed by atoms with Gasteiger partial charge in [0, 0.05) is 0 Å². The zero-order valence-electron chi connectivity index (χ0n) is 21.1. The number of nitrogens with one attached hydrogen (secondary N) is 6. The smallest absolute Gasteiger partial charge is 0.00368 e. The van der Waals surface area contributed by atoms with E-state index in [0.717, 1.165) is 104 Å².